The first-order chi connectivity index (χ1) is 15.9. The van der Waals surface area contributed by atoms with Gasteiger partial charge in [-0.15, -0.1) is 0 Å². The van der Waals surface area contributed by atoms with E-state index in [0.717, 1.165) is 54.2 Å². The van der Waals surface area contributed by atoms with Crippen LogP contribution in [0.25, 0.3) is 5.57 Å². The van der Waals surface area contributed by atoms with Crippen LogP contribution in [0.2, 0.25) is 0 Å². The fraction of sp³-hybridized carbons (Fsp3) is 0.346. The minimum atomic E-state index is -3.54. The van der Waals surface area contributed by atoms with Crippen molar-refractivity contribution in [1.82, 2.24) is 5.32 Å². The number of allylic oxidation sites excluding steroid dienone is 2. The molecule has 0 bridgehead atoms. The Kier molecular flexibility index (Phi) is 7.30. The molecular formula is C26H31N3O3S. The first-order valence-electron chi connectivity index (χ1n) is 11.3. The third kappa shape index (κ3) is 6.33. The molecular weight excluding hydrogens is 434 g/mol. The second-order valence-corrected chi connectivity index (χ2v) is 10.4. The summed E-state index contributed by atoms with van der Waals surface area (Å²) in [7, 11) is -3.54. The van der Waals surface area contributed by atoms with E-state index < -0.39 is 9.84 Å². The lowest BCUT2D eigenvalue weighted by Crippen LogP contribution is -2.36. The van der Waals surface area contributed by atoms with Gasteiger partial charge in [-0.1, -0.05) is 43.0 Å². The van der Waals surface area contributed by atoms with Gasteiger partial charge >= 0.3 is 0 Å². The van der Waals surface area contributed by atoms with E-state index in [9.17, 15) is 8.42 Å². The molecule has 2 aromatic carbocycles. The molecule has 33 heavy (non-hydrogen) atoms. The topological polar surface area (TPSA) is 71.0 Å². The highest BCUT2D eigenvalue weighted by atomic mass is 32.2. The van der Waals surface area contributed by atoms with Gasteiger partial charge in [0.25, 0.3) is 0 Å². The van der Waals surface area contributed by atoms with Crippen molar-refractivity contribution in [3.63, 3.8) is 0 Å². The molecule has 174 valence electrons. The van der Waals surface area contributed by atoms with Gasteiger partial charge in [-0.25, -0.2) is 8.42 Å². The number of benzene rings is 2. The van der Waals surface area contributed by atoms with Crippen molar-refractivity contribution in [2.24, 2.45) is 4.99 Å². The van der Waals surface area contributed by atoms with E-state index in [1.165, 1.54) is 0 Å². The molecule has 2 aromatic rings. The van der Waals surface area contributed by atoms with Crippen molar-refractivity contribution >= 4 is 26.9 Å². The van der Waals surface area contributed by atoms with Gasteiger partial charge in [0.2, 0.25) is 0 Å². The Morgan fingerprint density at radius 3 is 2.58 bits per heavy atom. The number of morpholine rings is 1. The molecule has 0 radical (unpaired) electrons. The number of hydrogen-bond acceptors (Lipinski definition) is 5. The van der Waals surface area contributed by atoms with E-state index in [2.05, 4.69) is 21.8 Å². The number of ether oxygens (including phenoxy) is 1. The molecule has 0 atom stereocenters. The van der Waals surface area contributed by atoms with E-state index in [4.69, 9.17) is 4.74 Å². The summed E-state index contributed by atoms with van der Waals surface area (Å²) in [5, 5.41) is 3.23. The molecule has 0 aromatic heterocycles. The van der Waals surface area contributed by atoms with Gasteiger partial charge in [-0.05, 0) is 54.7 Å². The van der Waals surface area contributed by atoms with Gasteiger partial charge in [0.1, 0.15) is 0 Å². The minimum Gasteiger partial charge on any atom is -0.378 e. The van der Waals surface area contributed by atoms with E-state index >= 15 is 0 Å². The Bertz CT molecular complexity index is 1150. The predicted octanol–water partition coefficient (Wildman–Crippen LogP) is 4.19. The average molecular weight is 466 g/mol. The second kappa shape index (κ2) is 10.4. The lowest BCUT2D eigenvalue weighted by Gasteiger charge is -2.29. The number of nitrogens with one attached hydrogen (secondary N) is 1. The number of hydrogen-bond donors (Lipinski definition) is 1. The summed E-state index contributed by atoms with van der Waals surface area (Å²) in [6.07, 6.45) is 5.87. The van der Waals surface area contributed by atoms with Crippen LogP contribution >= 0.6 is 0 Å². The summed E-state index contributed by atoms with van der Waals surface area (Å²) in [4.78, 5) is 7.07. The standard InChI is InChI=1S/C26H31N3O3S/c1-3-22(18-27-20(2)28-24-9-10-24)23-15-25(29-11-13-32-14-12-29)17-26(16-23)33(30,31)19-21-7-5-4-6-8-21/h3-8,15-18,24H,1,9-14,19H2,2H3,(H,27,28)/b22-18+. The summed E-state index contributed by atoms with van der Waals surface area (Å²) in [6.45, 7) is 8.59. The molecule has 1 N–H and O–H groups in total. The Hall–Kier alpha value is -2.90. The van der Waals surface area contributed by atoms with E-state index in [1.807, 2.05) is 49.5 Å². The molecule has 6 nitrogen and oxygen atoms in total. The van der Waals surface area contributed by atoms with Gasteiger partial charge < -0.3 is 15.0 Å². The molecule has 2 fully saturated rings. The molecule has 7 heteroatoms. The van der Waals surface area contributed by atoms with Crippen LogP contribution in [-0.4, -0.2) is 46.6 Å². The first kappa shape index (κ1) is 23.3. The Balaban J connectivity index is 1.69. The molecule has 1 heterocycles. The van der Waals surface area contributed by atoms with Crippen molar-refractivity contribution in [2.75, 3.05) is 31.2 Å². The Labute approximate surface area is 196 Å². The summed E-state index contributed by atoms with van der Waals surface area (Å²) >= 11 is 0. The number of nitrogens with zero attached hydrogens (tertiary/aromatic N) is 2. The van der Waals surface area contributed by atoms with Crippen molar-refractivity contribution < 1.29 is 13.2 Å². The fourth-order valence-electron chi connectivity index (χ4n) is 3.77. The van der Waals surface area contributed by atoms with E-state index in [0.29, 0.717) is 24.2 Å². The van der Waals surface area contributed by atoms with Gasteiger partial charge in [0.05, 0.1) is 35.7 Å². The zero-order chi connectivity index (χ0) is 23.3. The molecule has 0 spiro atoms. The lowest BCUT2D eigenvalue weighted by molar-refractivity contribution is 0.122. The van der Waals surface area contributed by atoms with Crippen molar-refractivity contribution in [2.45, 2.75) is 36.5 Å². The fourth-order valence-corrected chi connectivity index (χ4v) is 5.17. The second-order valence-electron chi connectivity index (χ2n) is 8.45. The largest absolute Gasteiger partial charge is 0.378 e. The van der Waals surface area contributed by atoms with E-state index in [-0.39, 0.29) is 5.75 Å². The summed E-state index contributed by atoms with van der Waals surface area (Å²) in [5.41, 5.74) is 3.25. The normalized spacial score (nSPS) is 17.7. The van der Waals surface area contributed by atoms with E-state index in [1.54, 1.807) is 18.2 Å². The molecule has 1 saturated carbocycles. The zero-order valence-corrected chi connectivity index (χ0v) is 19.9. The SMILES string of the molecule is C=C/C(=C\NC(C)=NC1CC1)c1cc(N2CCOCC2)cc(S(=O)(=O)Cc2ccccc2)c1. The van der Waals surface area contributed by atoms with Crippen LogP contribution < -0.4 is 10.2 Å². The molecule has 1 saturated heterocycles. The molecule has 1 aliphatic heterocycles. The smallest absolute Gasteiger partial charge is 0.182 e. The van der Waals surface area contributed by atoms with Crippen LogP contribution in [0.5, 0.6) is 0 Å². The monoisotopic (exact) mass is 465 g/mol. The lowest BCUT2D eigenvalue weighted by atomic mass is 10.1. The van der Waals surface area contributed by atoms with Crippen LogP contribution in [-0.2, 0) is 20.3 Å². The van der Waals surface area contributed by atoms with Crippen LogP contribution in [0.1, 0.15) is 30.9 Å². The van der Waals surface area contributed by atoms with Gasteiger partial charge in [-0.3, -0.25) is 4.99 Å². The van der Waals surface area contributed by atoms with Crippen LogP contribution in [0.4, 0.5) is 5.69 Å². The Morgan fingerprint density at radius 1 is 1.18 bits per heavy atom. The summed E-state index contributed by atoms with van der Waals surface area (Å²) in [6, 6.07) is 15.2. The van der Waals surface area contributed by atoms with Gasteiger partial charge in [0, 0.05) is 25.0 Å². The van der Waals surface area contributed by atoms with Crippen molar-refractivity contribution in [3.8, 4) is 0 Å². The highest BCUT2D eigenvalue weighted by Crippen LogP contribution is 2.29. The maximum absolute atomic E-state index is 13.4. The number of aliphatic imine (C=N–C) groups is 1. The maximum Gasteiger partial charge on any atom is 0.182 e. The third-order valence-corrected chi connectivity index (χ3v) is 7.41. The number of anilines is 1. The minimum absolute atomic E-state index is 0.0433. The molecule has 0 unspecified atom stereocenters. The van der Waals surface area contributed by atoms with Gasteiger partial charge in [-0.2, -0.15) is 0 Å². The Morgan fingerprint density at radius 2 is 1.91 bits per heavy atom. The predicted molar refractivity (Wildman–Crippen MR) is 134 cm³/mol. The maximum atomic E-state index is 13.4. The van der Waals surface area contributed by atoms with Crippen molar-refractivity contribution in [3.05, 3.63) is 78.5 Å². The molecule has 0 amide bonds. The van der Waals surface area contributed by atoms with Crippen LogP contribution in [0.15, 0.2) is 77.3 Å². The van der Waals surface area contributed by atoms with Crippen LogP contribution in [0, 0.1) is 0 Å². The first-order valence-corrected chi connectivity index (χ1v) is 13.0. The average Bonchev–Trinajstić information content (AvgIpc) is 3.64. The highest BCUT2D eigenvalue weighted by molar-refractivity contribution is 7.90. The highest BCUT2D eigenvalue weighted by Gasteiger charge is 2.21. The quantitative estimate of drug-likeness (QED) is 0.360. The third-order valence-electron chi connectivity index (χ3n) is 5.74. The zero-order valence-electron chi connectivity index (χ0n) is 19.0. The number of sulfone groups is 1. The number of rotatable bonds is 8. The molecule has 2 aliphatic rings. The molecule has 4 rings (SSSR count). The van der Waals surface area contributed by atoms with Crippen LogP contribution in [0.3, 0.4) is 0 Å². The number of amidine groups is 1. The molecule has 1 aliphatic carbocycles. The summed E-state index contributed by atoms with van der Waals surface area (Å²) < 4.78 is 32.2. The summed E-state index contributed by atoms with van der Waals surface area (Å²) in [5.74, 6) is 0.802. The van der Waals surface area contributed by atoms with Crippen molar-refractivity contribution in [1.29, 1.82) is 0 Å². The van der Waals surface area contributed by atoms with Gasteiger partial charge in [0.15, 0.2) is 9.84 Å².